The Hall–Kier alpha value is -3.18. The molecule has 0 aliphatic carbocycles. The summed E-state index contributed by atoms with van der Waals surface area (Å²) in [6.07, 6.45) is 1.58. The third-order valence-electron chi connectivity index (χ3n) is 5.01. The number of aryl methyl sites for hydroxylation is 1. The molecule has 6 heteroatoms. The summed E-state index contributed by atoms with van der Waals surface area (Å²) >= 11 is 6.27. The first-order valence-electron chi connectivity index (χ1n) is 9.46. The Morgan fingerprint density at radius 1 is 0.933 bits per heavy atom. The van der Waals surface area contributed by atoms with Crippen LogP contribution in [0.5, 0.6) is 17.2 Å². The van der Waals surface area contributed by atoms with E-state index in [0.29, 0.717) is 18.4 Å². The summed E-state index contributed by atoms with van der Waals surface area (Å²) < 4.78 is 10.2. The standard InChI is InChI=1S/C24H23ClO5/c1-29-18-10-8-16(12-15-6-4-3-5-7-15)17(13-18)9-11-19-22(24(28)30-2)20(26)14-21(27)23(19)25/h3-8,10,13-14,26-27H,9,11-12H2,1-2H3. The molecule has 0 saturated carbocycles. The molecule has 30 heavy (non-hydrogen) atoms. The Balaban J connectivity index is 1.96. The molecule has 0 fully saturated rings. The average molecular weight is 427 g/mol. The number of benzene rings is 3. The van der Waals surface area contributed by atoms with Gasteiger partial charge < -0.3 is 19.7 Å². The third-order valence-corrected chi connectivity index (χ3v) is 5.43. The molecule has 0 spiro atoms. The summed E-state index contributed by atoms with van der Waals surface area (Å²) in [4.78, 5) is 12.2. The van der Waals surface area contributed by atoms with Gasteiger partial charge in [0.05, 0.1) is 19.2 Å². The lowest BCUT2D eigenvalue weighted by Crippen LogP contribution is -2.09. The highest BCUT2D eigenvalue weighted by atomic mass is 35.5. The summed E-state index contributed by atoms with van der Waals surface area (Å²) in [6.45, 7) is 0. The molecule has 2 N–H and O–H groups in total. The Morgan fingerprint density at radius 2 is 1.67 bits per heavy atom. The molecule has 0 bridgehead atoms. The zero-order chi connectivity index (χ0) is 21.7. The van der Waals surface area contributed by atoms with Crippen LogP contribution in [0.4, 0.5) is 0 Å². The van der Waals surface area contributed by atoms with Crippen molar-refractivity contribution in [3.63, 3.8) is 0 Å². The fourth-order valence-corrected chi connectivity index (χ4v) is 3.70. The molecule has 3 aromatic rings. The van der Waals surface area contributed by atoms with Crippen molar-refractivity contribution in [1.82, 2.24) is 0 Å². The number of esters is 1. The van der Waals surface area contributed by atoms with Crippen LogP contribution in [0.2, 0.25) is 5.02 Å². The second-order valence-corrected chi connectivity index (χ2v) is 7.25. The lowest BCUT2D eigenvalue weighted by atomic mass is 9.93. The molecule has 5 nitrogen and oxygen atoms in total. The Kier molecular flexibility index (Phi) is 6.85. The summed E-state index contributed by atoms with van der Waals surface area (Å²) in [5, 5.41) is 20.2. The summed E-state index contributed by atoms with van der Waals surface area (Å²) in [5.41, 5.74) is 3.62. The van der Waals surface area contributed by atoms with E-state index in [-0.39, 0.29) is 22.1 Å². The minimum absolute atomic E-state index is 0.0284. The highest BCUT2D eigenvalue weighted by Gasteiger charge is 2.23. The Labute approximate surface area is 180 Å². The summed E-state index contributed by atoms with van der Waals surface area (Å²) in [5.74, 6) is -0.639. The van der Waals surface area contributed by atoms with Crippen LogP contribution in [0, 0.1) is 0 Å². The Bertz CT molecular complexity index is 1050. The highest BCUT2D eigenvalue weighted by Crippen LogP contribution is 2.37. The van der Waals surface area contributed by atoms with Crippen LogP contribution in [-0.4, -0.2) is 30.4 Å². The number of phenols is 2. The lowest BCUT2D eigenvalue weighted by Gasteiger charge is -2.15. The molecule has 0 aliphatic rings. The monoisotopic (exact) mass is 426 g/mol. The van der Waals surface area contributed by atoms with Crippen molar-refractivity contribution in [2.45, 2.75) is 19.3 Å². The largest absolute Gasteiger partial charge is 0.507 e. The summed E-state index contributed by atoms with van der Waals surface area (Å²) in [7, 11) is 2.84. The topological polar surface area (TPSA) is 76.0 Å². The number of carbonyl (C=O) groups excluding carboxylic acids is 1. The van der Waals surface area contributed by atoms with Gasteiger partial charge in [0.1, 0.15) is 22.8 Å². The maximum absolute atomic E-state index is 12.2. The van der Waals surface area contributed by atoms with Crippen LogP contribution in [-0.2, 0) is 24.0 Å². The quantitative estimate of drug-likeness (QED) is 0.524. The van der Waals surface area contributed by atoms with Gasteiger partial charge in [0.2, 0.25) is 0 Å². The van der Waals surface area contributed by atoms with Crippen molar-refractivity contribution in [2.75, 3.05) is 14.2 Å². The SMILES string of the molecule is COC(=O)c1c(O)cc(O)c(Cl)c1CCc1cc(OC)ccc1Cc1ccccc1. The van der Waals surface area contributed by atoms with Gasteiger partial charge in [-0.25, -0.2) is 4.79 Å². The number of rotatable bonds is 7. The minimum Gasteiger partial charge on any atom is -0.507 e. The molecule has 0 aromatic heterocycles. The molecule has 0 heterocycles. The number of hydrogen-bond donors (Lipinski definition) is 2. The van der Waals surface area contributed by atoms with Crippen LogP contribution in [0.3, 0.4) is 0 Å². The molecule has 3 aromatic carbocycles. The number of hydrogen-bond acceptors (Lipinski definition) is 5. The van der Waals surface area contributed by atoms with E-state index in [1.165, 1.54) is 12.7 Å². The number of aromatic hydroxyl groups is 2. The van der Waals surface area contributed by atoms with Gasteiger partial charge in [-0.15, -0.1) is 0 Å². The van der Waals surface area contributed by atoms with Gasteiger partial charge in [-0.2, -0.15) is 0 Å². The van der Waals surface area contributed by atoms with Crippen LogP contribution in [0.1, 0.15) is 32.6 Å². The molecule has 0 unspecified atom stereocenters. The predicted octanol–water partition coefficient (Wildman–Crippen LogP) is 4.92. The molecular weight excluding hydrogens is 404 g/mol. The van der Waals surface area contributed by atoms with E-state index >= 15 is 0 Å². The number of methoxy groups -OCH3 is 2. The van der Waals surface area contributed by atoms with Gasteiger partial charge >= 0.3 is 5.97 Å². The fraction of sp³-hybridized carbons (Fsp3) is 0.208. The summed E-state index contributed by atoms with van der Waals surface area (Å²) in [6, 6.07) is 17.0. The first-order chi connectivity index (χ1) is 14.4. The smallest absolute Gasteiger partial charge is 0.341 e. The Morgan fingerprint density at radius 3 is 2.33 bits per heavy atom. The maximum atomic E-state index is 12.2. The van der Waals surface area contributed by atoms with E-state index in [1.807, 2.05) is 36.4 Å². The van der Waals surface area contributed by atoms with E-state index in [0.717, 1.165) is 29.4 Å². The van der Waals surface area contributed by atoms with Gasteiger partial charge in [0.15, 0.2) is 0 Å². The first-order valence-corrected chi connectivity index (χ1v) is 9.83. The number of phenolic OH excluding ortho intramolecular Hbond substituents is 2. The second-order valence-electron chi connectivity index (χ2n) is 6.87. The zero-order valence-corrected chi connectivity index (χ0v) is 17.6. The molecule has 0 atom stereocenters. The van der Waals surface area contributed by atoms with Crippen LogP contribution >= 0.6 is 11.6 Å². The van der Waals surface area contributed by atoms with Gasteiger partial charge in [-0.1, -0.05) is 48.0 Å². The molecule has 3 rings (SSSR count). The predicted molar refractivity (Wildman–Crippen MR) is 116 cm³/mol. The maximum Gasteiger partial charge on any atom is 0.341 e. The van der Waals surface area contributed by atoms with Gasteiger partial charge in [0, 0.05) is 6.07 Å². The van der Waals surface area contributed by atoms with Crippen LogP contribution in [0.15, 0.2) is 54.6 Å². The van der Waals surface area contributed by atoms with Crippen molar-refractivity contribution in [2.24, 2.45) is 0 Å². The van der Waals surface area contributed by atoms with Crippen molar-refractivity contribution >= 4 is 17.6 Å². The first kappa shape index (κ1) is 21.5. The average Bonchev–Trinajstić information content (AvgIpc) is 2.76. The number of halogens is 1. The lowest BCUT2D eigenvalue weighted by molar-refractivity contribution is 0.0596. The van der Waals surface area contributed by atoms with E-state index in [9.17, 15) is 15.0 Å². The molecular formula is C24H23ClO5. The molecule has 156 valence electrons. The third kappa shape index (κ3) is 4.69. The van der Waals surface area contributed by atoms with E-state index < -0.39 is 5.97 Å². The normalized spacial score (nSPS) is 10.6. The van der Waals surface area contributed by atoms with Crippen LogP contribution < -0.4 is 4.74 Å². The van der Waals surface area contributed by atoms with Gasteiger partial charge in [-0.05, 0) is 53.6 Å². The van der Waals surface area contributed by atoms with Crippen molar-refractivity contribution in [3.05, 3.63) is 87.4 Å². The molecule has 0 saturated heterocycles. The van der Waals surface area contributed by atoms with Crippen molar-refractivity contribution in [1.29, 1.82) is 0 Å². The minimum atomic E-state index is -0.709. The van der Waals surface area contributed by atoms with E-state index in [4.69, 9.17) is 21.1 Å². The fourth-order valence-electron chi connectivity index (χ4n) is 3.46. The van der Waals surface area contributed by atoms with Gasteiger partial charge in [-0.3, -0.25) is 0 Å². The highest BCUT2D eigenvalue weighted by molar-refractivity contribution is 6.33. The zero-order valence-electron chi connectivity index (χ0n) is 16.8. The molecule has 0 amide bonds. The van der Waals surface area contributed by atoms with Crippen molar-refractivity contribution in [3.8, 4) is 17.2 Å². The van der Waals surface area contributed by atoms with Gasteiger partial charge in [0.25, 0.3) is 0 Å². The van der Waals surface area contributed by atoms with Crippen molar-refractivity contribution < 1.29 is 24.5 Å². The number of carbonyl (C=O) groups is 1. The van der Waals surface area contributed by atoms with Crippen LogP contribution in [0.25, 0.3) is 0 Å². The molecule has 0 radical (unpaired) electrons. The van der Waals surface area contributed by atoms with E-state index in [1.54, 1.807) is 7.11 Å². The molecule has 0 aliphatic heterocycles. The second kappa shape index (κ2) is 9.55. The van der Waals surface area contributed by atoms with E-state index in [2.05, 4.69) is 12.1 Å². The number of ether oxygens (including phenoxy) is 2.